The maximum atomic E-state index is 9.82. The van der Waals surface area contributed by atoms with Crippen LogP contribution in [0.25, 0.3) is 0 Å². The molecule has 0 amide bonds. The summed E-state index contributed by atoms with van der Waals surface area (Å²) in [6.45, 7) is 3.65. The van der Waals surface area contributed by atoms with Gasteiger partial charge >= 0.3 is 65.1 Å². The molecule has 0 aromatic rings. The van der Waals surface area contributed by atoms with Crippen LogP contribution in [0.4, 0.5) is 0 Å². The van der Waals surface area contributed by atoms with Gasteiger partial charge in [0.2, 0.25) is 0 Å². The van der Waals surface area contributed by atoms with Crippen LogP contribution in [0.15, 0.2) is 0 Å². The van der Waals surface area contributed by atoms with Crippen molar-refractivity contribution in [3.8, 4) is 0 Å². The molecular weight excluding hydrogens is 222 g/mol. The minimum atomic E-state index is -5.17. The van der Waals surface area contributed by atoms with Crippen LogP contribution >= 0.6 is 0 Å². The molecule has 0 saturated carbocycles. The second kappa shape index (κ2) is 13.3. The molecule has 0 aliphatic heterocycles. The molecule has 0 unspecified atom stereocenters. The molecule has 0 spiro atoms. The van der Waals surface area contributed by atoms with Crippen LogP contribution < -0.4 is 59.1 Å². The number of hydrogen-bond acceptors (Lipinski definition) is 6. The van der Waals surface area contributed by atoms with E-state index in [1.807, 2.05) is 0 Å². The predicted octanol–water partition coefficient (Wildman–Crippen LogP) is -6.76. The minimum Gasteiger partial charge on any atom is -0.759 e. The summed E-state index contributed by atoms with van der Waals surface area (Å²) >= 11 is 0. The van der Waals surface area contributed by atoms with E-state index >= 15 is 0 Å². The Morgan fingerprint density at radius 3 is 1.54 bits per heavy atom. The molecule has 0 atom stereocenters. The fourth-order valence-electron chi connectivity index (χ4n) is 0.203. The zero-order valence-corrected chi connectivity index (χ0v) is 12.9. The van der Waals surface area contributed by atoms with Gasteiger partial charge in [0.25, 0.3) is 0 Å². The van der Waals surface area contributed by atoms with Gasteiger partial charge in [-0.3, -0.25) is 13.2 Å². The molecule has 0 aromatic carbocycles. The fraction of sp³-hybridized carbons (Fsp3) is 0.750. The molecular formula is C4H8Na2O6S. The van der Waals surface area contributed by atoms with E-state index < -0.39 is 10.4 Å². The van der Waals surface area contributed by atoms with E-state index in [0.29, 0.717) is 6.61 Å². The first-order valence-electron chi connectivity index (χ1n) is 2.57. The van der Waals surface area contributed by atoms with Crippen molar-refractivity contribution in [1.82, 2.24) is 0 Å². The van der Waals surface area contributed by atoms with E-state index in [0.717, 1.165) is 0 Å². The maximum absolute atomic E-state index is 9.82. The summed E-state index contributed by atoms with van der Waals surface area (Å²) < 4.78 is 38.5. The Bertz CT molecular complexity index is 193. The summed E-state index contributed by atoms with van der Waals surface area (Å²) in [5.41, 5.74) is 0. The standard InChI is InChI=1S/C4H8O2.2Na.H2O4S/c1-3-6-4(2)5;;;1-5(2,3)4/h3H2,1-2H3;;;(H2,1,2,3,4)/q;2*+1;/p-2. The van der Waals surface area contributed by atoms with Crippen molar-refractivity contribution in [3.63, 3.8) is 0 Å². The number of ether oxygens (including phenoxy) is 1. The second-order valence-electron chi connectivity index (χ2n) is 1.33. The molecule has 0 N–H and O–H groups in total. The molecule has 0 radical (unpaired) electrons. The molecule has 0 rings (SSSR count). The summed E-state index contributed by atoms with van der Waals surface area (Å²) in [5.74, 6) is -0.211. The SMILES string of the molecule is CCOC(C)=O.O=S(=O)([O-])[O-].[Na+].[Na+]. The molecule has 0 fully saturated rings. The first-order valence-corrected chi connectivity index (χ1v) is 3.90. The first-order chi connectivity index (χ1) is 4.77. The number of carbonyl (C=O) groups excluding carboxylic acids is 1. The van der Waals surface area contributed by atoms with Gasteiger partial charge in [0.15, 0.2) is 0 Å². The van der Waals surface area contributed by atoms with Crippen LogP contribution in [0.3, 0.4) is 0 Å². The van der Waals surface area contributed by atoms with Crippen LogP contribution in [0.2, 0.25) is 0 Å². The molecule has 0 bridgehead atoms. The number of esters is 1. The topological polar surface area (TPSA) is 107 Å². The quantitative estimate of drug-likeness (QED) is 0.192. The van der Waals surface area contributed by atoms with Crippen LogP contribution in [0.1, 0.15) is 13.8 Å². The van der Waals surface area contributed by atoms with Gasteiger partial charge in [0.1, 0.15) is 0 Å². The third-order valence-corrected chi connectivity index (χ3v) is 0.348. The third kappa shape index (κ3) is 91.1. The van der Waals surface area contributed by atoms with Gasteiger partial charge in [-0.25, -0.2) is 0 Å². The Morgan fingerprint density at radius 2 is 1.54 bits per heavy atom. The number of carbonyl (C=O) groups is 1. The van der Waals surface area contributed by atoms with Crippen LogP contribution in [0.5, 0.6) is 0 Å². The van der Waals surface area contributed by atoms with Crippen LogP contribution in [-0.4, -0.2) is 30.1 Å². The minimum absolute atomic E-state index is 0. The zero-order chi connectivity index (χ0) is 9.49. The molecule has 0 heterocycles. The Labute approximate surface area is 122 Å². The molecule has 0 saturated heterocycles. The Hall–Kier alpha value is 1.34. The van der Waals surface area contributed by atoms with Crippen molar-refractivity contribution >= 4 is 16.4 Å². The van der Waals surface area contributed by atoms with Crippen LogP contribution in [0, 0.1) is 0 Å². The largest absolute Gasteiger partial charge is 1.00 e. The van der Waals surface area contributed by atoms with Gasteiger partial charge in [-0.2, -0.15) is 0 Å². The predicted molar refractivity (Wildman–Crippen MR) is 32.8 cm³/mol. The molecule has 13 heavy (non-hydrogen) atoms. The van der Waals surface area contributed by atoms with Crippen molar-refractivity contribution in [2.24, 2.45) is 0 Å². The molecule has 68 valence electrons. The van der Waals surface area contributed by atoms with Gasteiger partial charge in [-0.1, -0.05) is 0 Å². The van der Waals surface area contributed by atoms with E-state index in [4.69, 9.17) is 17.5 Å². The molecule has 9 heteroatoms. The van der Waals surface area contributed by atoms with Gasteiger partial charge in [-0.15, -0.1) is 0 Å². The zero-order valence-electron chi connectivity index (χ0n) is 8.06. The summed E-state index contributed by atoms with van der Waals surface area (Å²) in [7, 11) is -5.17. The van der Waals surface area contributed by atoms with E-state index in [2.05, 4.69) is 4.74 Å². The first kappa shape index (κ1) is 23.9. The van der Waals surface area contributed by atoms with Gasteiger partial charge in [0, 0.05) is 17.3 Å². The monoisotopic (exact) mass is 230 g/mol. The Morgan fingerprint density at radius 1 is 1.31 bits per heavy atom. The summed E-state index contributed by atoms with van der Waals surface area (Å²) in [4.78, 5) is 9.82. The summed E-state index contributed by atoms with van der Waals surface area (Å²) in [5, 5.41) is 0. The second-order valence-corrected chi connectivity index (χ2v) is 2.15. The van der Waals surface area contributed by atoms with Crippen molar-refractivity contribution in [3.05, 3.63) is 0 Å². The maximum Gasteiger partial charge on any atom is 1.00 e. The van der Waals surface area contributed by atoms with Crippen molar-refractivity contribution in [2.75, 3.05) is 6.61 Å². The normalized spacial score (nSPS) is 8.00. The molecule has 0 aliphatic rings. The van der Waals surface area contributed by atoms with Crippen molar-refractivity contribution < 1.29 is 86.2 Å². The molecule has 6 nitrogen and oxygen atoms in total. The number of rotatable bonds is 1. The summed E-state index contributed by atoms with van der Waals surface area (Å²) in [6.07, 6.45) is 0. The average Bonchev–Trinajstić information content (AvgIpc) is 1.58. The van der Waals surface area contributed by atoms with Crippen molar-refractivity contribution in [2.45, 2.75) is 13.8 Å². The van der Waals surface area contributed by atoms with E-state index in [-0.39, 0.29) is 65.1 Å². The van der Waals surface area contributed by atoms with Gasteiger partial charge < -0.3 is 13.8 Å². The number of hydrogen-bond donors (Lipinski definition) is 0. The van der Waals surface area contributed by atoms with Gasteiger partial charge in [-0.05, 0) is 6.92 Å². The fourth-order valence-corrected chi connectivity index (χ4v) is 0.203. The molecule has 0 aromatic heterocycles. The Balaban J connectivity index is -0.0000000546. The van der Waals surface area contributed by atoms with E-state index in [1.165, 1.54) is 6.92 Å². The summed E-state index contributed by atoms with van der Waals surface area (Å²) in [6, 6.07) is 0. The third-order valence-electron chi connectivity index (χ3n) is 0.348. The van der Waals surface area contributed by atoms with Gasteiger partial charge in [0.05, 0.1) is 6.61 Å². The Kier molecular flexibility index (Phi) is 24.5. The average molecular weight is 230 g/mol. The van der Waals surface area contributed by atoms with E-state index in [1.54, 1.807) is 6.92 Å². The van der Waals surface area contributed by atoms with Crippen molar-refractivity contribution in [1.29, 1.82) is 0 Å². The molecule has 0 aliphatic carbocycles. The smallest absolute Gasteiger partial charge is 0.759 e. The van der Waals surface area contributed by atoms with E-state index in [9.17, 15) is 4.79 Å². The van der Waals surface area contributed by atoms with Crippen LogP contribution in [-0.2, 0) is 19.9 Å².